The number of carbonyl (C=O) groups is 2. The predicted octanol–water partition coefficient (Wildman–Crippen LogP) is 6.61. The number of hydrogen-bond acceptors (Lipinski definition) is 5. The third-order valence-corrected chi connectivity index (χ3v) is 8.74. The smallest absolute Gasteiger partial charge is 0.326 e. The van der Waals surface area contributed by atoms with Crippen molar-refractivity contribution in [2.75, 3.05) is 12.4 Å². The average molecular weight is 544 g/mol. The number of fused-ring (bicyclic) bond motifs is 1. The number of pyridine rings is 1. The predicted molar refractivity (Wildman–Crippen MR) is 157 cm³/mol. The molecule has 1 saturated heterocycles. The summed E-state index contributed by atoms with van der Waals surface area (Å²) in [6.45, 7) is 8.18. The van der Waals surface area contributed by atoms with E-state index in [0.29, 0.717) is 5.82 Å². The van der Waals surface area contributed by atoms with E-state index in [9.17, 15) is 14.7 Å². The Hall–Kier alpha value is -3.61. The third kappa shape index (κ3) is 5.26. The van der Waals surface area contributed by atoms with Crippen LogP contribution in [0.25, 0.3) is 10.8 Å². The van der Waals surface area contributed by atoms with Gasteiger partial charge in [0, 0.05) is 22.9 Å². The number of nitrogens with zero attached hydrogens (tertiary/aromatic N) is 2. The number of benzene rings is 2. The number of carboxylic acid groups (broad SMARTS) is 1. The van der Waals surface area contributed by atoms with Crippen LogP contribution in [-0.2, 0) is 9.59 Å². The minimum atomic E-state index is -0.970. The number of carbonyl (C=O) groups excluding carboxylic acids is 1. The van der Waals surface area contributed by atoms with E-state index in [1.807, 2.05) is 61.5 Å². The summed E-state index contributed by atoms with van der Waals surface area (Å²) in [6.07, 6.45) is 4.75. The van der Waals surface area contributed by atoms with Crippen molar-refractivity contribution in [1.82, 2.24) is 9.88 Å². The zero-order chi connectivity index (χ0) is 28.6. The summed E-state index contributed by atoms with van der Waals surface area (Å²) in [5, 5.41) is 16.4. The zero-order valence-corrected chi connectivity index (χ0v) is 24.2. The summed E-state index contributed by atoms with van der Waals surface area (Å²) in [6, 6.07) is 16.0. The first-order chi connectivity index (χ1) is 19.1. The molecule has 7 heteroatoms. The molecule has 212 valence electrons. The van der Waals surface area contributed by atoms with E-state index >= 15 is 0 Å². The van der Waals surface area contributed by atoms with E-state index in [2.05, 4.69) is 26.1 Å². The van der Waals surface area contributed by atoms with Crippen LogP contribution in [0, 0.1) is 24.2 Å². The van der Waals surface area contributed by atoms with E-state index in [1.54, 1.807) is 12.0 Å². The number of hydrogen-bond donors (Lipinski definition) is 2. The van der Waals surface area contributed by atoms with E-state index in [1.165, 1.54) is 0 Å². The van der Waals surface area contributed by atoms with Crippen LogP contribution in [0.1, 0.15) is 70.2 Å². The average Bonchev–Trinajstić information content (AvgIpc) is 3.29. The fraction of sp³-hybridized carbons (Fsp3) is 0.485. The van der Waals surface area contributed by atoms with Crippen LogP contribution < -0.4 is 10.1 Å². The molecule has 0 spiro atoms. The standard InChI is InChI=1S/C33H41N3O4/c1-20-18-23-16-17-24(40-5)19-25(23)30(34-20)35-27-26(33(2,3)4)29(32(38)39)36(28(27)21-12-8-6-9-13-21)31(37)22-14-10-7-11-15-22/h6,8-9,12-13,16-19,22,26-29H,7,10-11,14-15H2,1-5H3,(H,34,35)(H,38,39)/t26-,27-,28-,29-/m0/s1. The number of aliphatic carboxylic acids is 1. The first-order valence-corrected chi connectivity index (χ1v) is 14.4. The van der Waals surface area contributed by atoms with Crippen molar-refractivity contribution in [3.05, 3.63) is 65.9 Å². The molecule has 5 rings (SSSR count). The largest absolute Gasteiger partial charge is 0.497 e. The number of carboxylic acids is 1. The Kier molecular flexibility index (Phi) is 7.76. The highest BCUT2D eigenvalue weighted by atomic mass is 16.5. The molecule has 7 nitrogen and oxygen atoms in total. The van der Waals surface area contributed by atoms with Crippen molar-refractivity contribution in [2.45, 2.75) is 77.9 Å². The molecule has 2 aromatic carbocycles. The molecule has 1 aliphatic carbocycles. The van der Waals surface area contributed by atoms with Gasteiger partial charge in [0.05, 0.1) is 19.2 Å². The van der Waals surface area contributed by atoms with Gasteiger partial charge in [0.15, 0.2) is 0 Å². The number of likely N-dealkylation sites (tertiary alicyclic amines) is 1. The van der Waals surface area contributed by atoms with Crippen LogP contribution >= 0.6 is 0 Å². The van der Waals surface area contributed by atoms with E-state index < -0.39 is 23.5 Å². The highest BCUT2D eigenvalue weighted by molar-refractivity contribution is 5.94. The highest BCUT2D eigenvalue weighted by Crippen LogP contribution is 2.50. The summed E-state index contributed by atoms with van der Waals surface area (Å²) in [7, 11) is 1.64. The SMILES string of the molecule is COc1ccc2cc(C)nc(N[C@H]3[C@H](C(C)(C)C)[C@@H](C(=O)O)N(C(=O)C4CCCCC4)[C@H]3c3ccccc3)c2c1. The van der Waals surface area contributed by atoms with Crippen molar-refractivity contribution >= 4 is 28.5 Å². The Bertz CT molecular complexity index is 1380. The summed E-state index contributed by atoms with van der Waals surface area (Å²) >= 11 is 0. The maximum Gasteiger partial charge on any atom is 0.326 e. The molecule has 2 heterocycles. The first kappa shape index (κ1) is 27.9. The van der Waals surface area contributed by atoms with Crippen molar-refractivity contribution < 1.29 is 19.4 Å². The fourth-order valence-electron chi connectivity index (χ4n) is 6.97. The van der Waals surface area contributed by atoms with Crippen LogP contribution in [-0.4, -0.2) is 46.1 Å². The molecule has 40 heavy (non-hydrogen) atoms. The van der Waals surface area contributed by atoms with Gasteiger partial charge < -0.3 is 20.1 Å². The molecule has 2 N–H and O–H groups in total. The lowest BCUT2D eigenvalue weighted by Crippen LogP contribution is -2.49. The quantitative estimate of drug-likeness (QED) is 0.363. The molecule has 1 amide bonds. The van der Waals surface area contributed by atoms with Crippen LogP contribution in [0.5, 0.6) is 5.75 Å². The van der Waals surface area contributed by atoms with Crippen molar-refractivity contribution in [3.63, 3.8) is 0 Å². The van der Waals surface area contributed by atoms with Gasteiger partial charge in [0.1, 0.15) is 17.6 Å². The minimum Gasteiger partial charge on any atom is -0.497 e. The van der Waals surface area contributed by atoms with Gasteiger partial charge in [0.25, 0.3) is 0 Å². The van der Waals surface area contributed by atoms with Gasteiger partial charge in [-0.1, -0.05) is 76.4 Å². The fourth-order valence-corrected chi connectivity index (χ4v) is 6.97. The molecule has 0 unspecified atom stereocenters. The lowest BCUT2D eigenvalue weighted by Gasteiger charge is -2.36. The number of anilines is 1. The topological polar surface area (TPSA) is 91.8 Å². The minimum absolute atomic E-state index is 0.0387. The summed E-state index contributed by atoms with van der Waals surface area (Å²) < 4.78 is 5.52. The second-order valence-corrected chi connectivity index (χ2v) is 12.5. The number of aromatic nitrogens is 1. The lowest BCUT2D eigenvalue weighted by atomic mass is 9.72. The Labute approximate surface area is 236 Å². The van der Waals surface area contributed by atoms with Crippen LogP contribution in [0.15, 0.2) is 54.6 Å². The molecule has 4 atom stereocenters. The molecule has 0 radical (unpaired) electrons. The zero-order valence-electron chi connectivity index (χ0n) is 24.2. The molecule has 1 aromatic heterocycles. The van der Waals surface area contributed by atoms with Crippen LogP contribution in [0.4, 0.5) is 5.82 Å². The lowest BCUT2D eigenvalue weighted by molar-refractivity contribution is -0.154. The van der Waals surface area contributed by atoms with Crippen molar-refractivity contribution in [3.8, 4) is 5.75 Å². The molecular weight excluding hydrogens is 502 g/mol. The van der Waals surface area contributed by atoms with Gasteiger partial charge in [-0.05, 0) is 54.3 Å². The Balaban J connectivity index is 1.70. The van der Waals surface area contributed by atoms with Gasteiger partial charge in [0.2, 0.25) is 5.91 Å². The van der Waals surface area contributed by atoms with Crippen LogP contribution in [0.3, 0.4) is 0 Å². The second kappa shape index (κ2) is 11.1. The number of methoxy groups -OCH3 is 1. The molecular formula is C33H41N3O4. The Morgan fingerprint density at radius 1 is 1.02 bits per heavy atom. The number of amides is 1. The van der Waals surface area contributed by atoms with Gasteiger partial charge >= 0.3 is 5.97 Å². The van der Waals surface area contributed by atoms with Crippen LogP contribution in [0.2, 0.25) is 0 Å². The Morgan fingerprint density at radius 2 is 1.73 bits per heavy atom. The van der Waals surface area contributed by atoms with Gasteiger partial charge in [-0.3, -0.25) is 4.79 Å². The summed E-state index contributed by atoms with van der Waals surface area (Å²) in [4.78, 5) is 34.1. The van der Waals surface area contributed by atoms with Crippen molar-refractivity contribution in [1.29, 1.82) is 0 Å². The highest BCUT2D eigenvalue weighted by Gasteiger charge is 2.58. The van der Waals surface area contributed by atoms with Gasteiger partial charge in [-0.15, -0.1) is 0 Å². The normalized spacial score (nSPS) is 23.8. The Morgan fingerprint density at radius 3 is 2.35 bits per heavy atom. The van der Waals surface area contributed by atoms with Gasteiger partial charge in [-0.2, -0.15) is 0 Å². The maximum absolute atomic E-state index is 14.3. The number of ether oxygens (including phenoxy) is 1. The molecule has 3 aromatic rings. The van der Waals surface area contributed by atoms with E-state index in [0.717, 1.165) is 59.9 Å². The molecule has 1 aliphatic heterocycles. The van der Waals surface area contributed by atoms with E-state index in [4.69, 9.17) is 9.72 Å². The first-order valence-electron chi connectivity index (χ1n) is 14.4. The number of nitrogens with one attached hydrogen (secondary N) is 1. The number of rotatable bonds is 6. The molecule has 2 fully saturated rings. The second-order valence-electron chi connectivity index (χ2n) is 12.5. The molecule has 2 aliphatic rings. The third-order valence-electron chi connectivity index (χ3n) is 8.74. The van der Waals surface area contributed by atoms with E-state index in [-0.39, 0.29) is 23.8 Å². The summed E-state index contributed by atoms with van der Waals surface area (Å²) in [5.41, 5.74) is 1.36. The monoisotopic (exact) mass is 543 g/mol. The number of aryl methyl sites for hydroxylation is 1. The molecule has 1 saturated carbocycles. The summed E-state index contributed by atoms with van der Waals surface area (Å²) in [5.74, 6) is -0.141. The molecule has 0 bridgehead atoms. The maximum atomic E-state index is 14.3. The van der Waals surface area contributed by atoms with Crippen molar-refractivity contribution in [2.24, 2.45) is 17.3 Å². The van der Waals surface area contributed by atoms with Gasteiger partial charge in [-0.25, -0.2) is 9.78 Å².